The number of carbonyl (C=O) groups excluding carboxylic acids is 1. The van der Waals surface area contributed by atoms with Crippen LogP contribution in [0.15, 0.2) is 0 Å². The minimum atomic E-state index is -0.276. The number of rotatable bonds is 5. The van der Waals surface area contributed by atoms with E-state index < -0.39 is 0 Å². The summed E-state index contributed by atoms with van der Waals surface area (Å²) in [5.41, 5.74) is 0. The first kappa shape index (κ1) is 11.4. The maximum atomic E-state index is 11.2. The molecule has 82 valence electrons. The van der Waals surface area contributed by atoms with Crippen LogP contribution in [0.4, 0.5) is 0 Å². The summed E-state index contributed by atoms with van der Waals surface area (Å²) in [5.74, 6) is -0.179. The largest absolute Gasteiger partial charge is 0.468 e. The first-order valence-corrected chi connectivity index (χ1v) is 4.60. The van der Waals surface area contributed by atoms with E-state index in [2.05, 4.69) is 4.74 Å². The Morgan fingerprint density at radius 2 is 2.07 bits per heavy atom. The second-order valence-electron chi connectivity index (χ2n) is 3.22. The molecule has 1 saturated heterocycles. The highest BCUT2D eigenvalue weighted by Gasteiger charge is 2.36. The summed E-state index contributed by atoms with van der Waals surface area (Å²) >= 11 is 0. The normalized spacial score (nSPS) is 22.1. The van der Waals surface area contributed by atoms with Crippen LogP contribution in [0.1, 0.15) is 6.42 Å². The lowest BCUT2D eigenvalue weighted by atomic mass is 10.0. The van der Waals surface area contributed by atoms with Gasteiger partial charge in [-0.2, -0.15) is 0 Å². The van der Waals surface area contributed by atoms with Gasteiger partial charge in [-0.15, -0.1) is 0 Å². The van der Waals surface area contributed by atoms with Crippen LogP contribution < -0.4 is 0 Å². The van der Waals surface area contributed by atoms with Gasteiger partial charge >= 0.3 is 5.97 Å². The van der Waals surface area contributed by atoms with Crippen LogP contribution in [0.3, 0.4) is 0 Å². The average molecular weight is 203 g/mol. The molecule has 14 heavy (non-hydrogen) atoms. The van der Waals surface area contributed by atoms with E-state index in [1.165, 1.54) is 7.11 Å². The molecular formula is C9H17NO4. The van der Waals surface area contributed by atoms with Gasteiger partial charge in [0.1, 0.15) is 6.04 Å². The predicted octanol–water partition coefficient (Wildman–Crippen LogP) is -0.147. The van der Waals surface area contributed by atoms with Crippen molar-refractivity contribution in [1.82, 2.24) is 4.90 Å². The monoisotopic (exact) mass is 203 g/mol. The summed E-state index contributed by atoms with van der Waals surface area (Å²) < 4.78 is 14.8. The topological polar surface area (TPSA) is 48.0 Å². The molecule has 1 heterocycles. The third-order valence-electron chi connectivity index (χ3n) is 2.51. The van der Waals surface area contributed by atoms with Crippen molar-refractivity contribution in [3.05, 3.63) is 0 Å². The van der Waals surface area contributed by atoms with Crippen molar-refractivity contribution in [3.8, 4) is 0 Å². The molecule has 5 heteroatoms. The second-order valence-corrected chi connectivity index (χ2v) is 3.22. The Balaban J connectivity index is 2.35. The van der Waals surface area contributed by atoms with Gasteiger partial charge in [-0.1, -0.05) is 0 Å². The minimum Gasteiger partial charge on any atom is -0.468 e. The Labute approximate surface area is 83.9 Å². The molecule has 0 amide bonds. The fourth-order valence-electron chi connectivity index (χ4n) is 1.50. The van der Waals surface area contributed by atoms with E-state index in [0.717, 1.165) is 13.0 Å². The SMILES string of the molecule is COC(=O)C1CCN1CC(OC)OC. The van der Waals surface area contributed by atoms with Crippen molar-refractivity contribution in [2.45, 2.75) is 18.8 Å². The number of esters is 1. The van der Waals surface area contributed by atoms with Gasteiger partial charge in [-0.3, -0.25) is 9.69 Å². The number of likely N-dealkylation sites (tertiary alicyclic amines) is 1. The molecule has 1 fully saturated rings. The fraction of sp³-hybridized carbons (Fsp3) is 0.889. The number of carbonyl (C=O) groups is 1. The van der Waals surface area contributed by atoms with Crippen molar-refractivity contribution < 1.29 is 19.0 Å². The average Bonchev–Trinajstić information content (AvgIpc) is 2.17. The van der Waals surface area contributed by atoms with E-state index in [0.29, 0.717) is 6.54 Å². The Morgan fingerprint density at radius 3 is 2.43 bits per heavy atom. The standard InChI is InChI=1S/C9H17NO4/c1-12-8(13-2)6-10-5-4-7(10)9(11)14-3/h7-8H,4-6H2,1-3H3. The van der Waals surface area contributed by atoms with Crippen LogP contribution in [0.25, 0.3) is 0 Å². The van der Waals surface area contributed by atoms with E-state index in [9.17, 15) is 4.79 Å². The van der Waals surface area contributed by atoms with Crippen LogP contribution in [0, 0.1) is 0 Å². The molecule has 0 bridgehead atoms. The first-order chi connectivity index (χ1) is 6.72. The van der Waals surface area contributed by atoms with E-state index in [1.807, 2.05) is 4.90 Å². The number of nitrogens with zero attached hydrogens (tertiary/aromatic N) is 1. The van der Waals surface area contributed by atoms with E-state index >= 15 is 0 Å². The van der Waals surface area contributed by atoms with Crippen LogP contribution in [0.5, 0.6) is 0 Å². The van der Waals surface area contributed by atoms with Crippen molar-refractivity contribution in [1.29, 1.82) is 0 Å². The minimum absolute atomic E-state index is 0.118. The predicted molar refractivity (Wildman–Crippen MR) is 49.8 cm³/mol. The number of ether oxygens (including phenoxy) is 3. The molecule has 0 saturated carbocycles. The Bertz CT molecular complexity index is 193. The smallest absolute Gasteiger partial charge is 0.323 e. The molecule has 1 rings (SSSR count). The maximum absolute atomic E-state index is 11.2. The lowest BCUT2D eigenvalue weighted by Crippen LogP contribution is -2.55. The van der Waals surface area contributed by atoms with Crippen molar-refractivity contribution >= 4 is 5.97 Å². The van der Waals surface area contributed by atoms with Crippen molar-refractivity contribution in [2.75, 3.05) is 34.4 Å². The molecule has 0 aromatic carbocycles. The van der Waals surface area contributed by atoms with E-state index in [-0.39, 0.29) is 18.3 Å². The summed E-state index contributed by atoms with van der Waals surface area (Å²) in [6.07, 6.45) is 0.578. The van der Waals surface area contributed by atoms with Gasteiger partial charge in [0, 0.05) is 20.8 Å². The van der Waals surface area contributed by atoms with Gasteiger partial charge in [0.2, 0.25) is 0 Å². The molecule has 0 radical (unpaired) electrons. The zero-order valence-electron chi connectivity index (χ0n) is 8.86. The number of hydrogen-bond donors (Lipinski definition) is 0. The van der Waals surface area contributed by atoms with Crippen LogP contribution in [-0.4, -0.2) is 57.6 Å². The molecule has 1 atom stereocenters. The van der Waals surface area contributed by atoms with Crippen LogP contribution >= 0.6 is 0 Å². The third kappa shape index (κ3) is 2.43. The summed E-state index contributed by atoms with van der Waals surface area (Å²) in [4.78, 5) is 13.2. The zero-order chi connectivity index (χ0) is 10.6. The molecule has 1 unspecified atom stereocenters. The summed E-state index contributed by atoms with van der Waals surface area (Å²) in [5, 5.41) is 0. The highest BCUT2D eigenvalue weighted by molar-refractivity contribution is 5.76. The van der Waals surface area contributed by atoms with Crippen LogP contribution in [-0.2, 0) is 19.0 Å². The molecule has 0 aliphatic carbocycles. The Morgan fingerprint density at radius 1 is 1.43 bits per heavy atom. The summed E-state index contributed by atoms with van der Waals surface area (Å²) in [7, 11) is 4.57. The highest BCUT2D eigenvalue weighted by Crippen LogP contribution is 2.19. The molecule has 5 nitrogen and oxygen atoms in total. The molecular weight excluding hydrogens is 186 g/mol. The molecule has 0 spiro atoms. The fourth-order valence-corrected chi connectivity index (χ4v) is 1.50. The first-order valence-electron chi connectivity index (χ1n) is 4.60. The van der Waals surface area contributed by atoms with E-state index in [1.54, 1.807) is 14.2 Å². The highest BCUT2D eigenvalue weighted by atomic mass is 16.7. The zero-order valence-corrected chi connectivity index (χ0v) is 8.86. The Hall–Kier alpha value is -0.650. The van der Waals surface area contributed by atoms with Gasteiger partial charge in [0.05, 0.1) is 13.7 Å². The van der Waals surface area contributed by atoms with Gasteiger partial charge < -0.3 is 14.2 Å². The quantitative estimate of drug-likeness (QED) is 0.459. The molecule has 0 N–H and O–H groups in total. The maximum Gasteiger partial charge on any atom is 0.323 e. The Kier molecular flexibility index (Phi) is 4.31. The van der Waals surface area contributed by atoms with Crippen LogP contribution in [0.2, 0.25) is 0 Å². The number of hydrogen-bond acceptors (Lipinski definition) is 5. The molecule has 0 aromatic heterocycles. The molecule has 0 aromatic rings. The van der Waals surface area contributed by atoms with Crippen molar-refractivity contribution in [2.24, 2.45) is 0 Å². The van der Waals surface area contributed by atoms with Gasteiger partial charge in [-0.05, 0) is 6.42 Å². The third-order valence-corrected chi connectivity index (χ3v) is 2.51. The number of methoxy groups -OCH3 is 3. The summed E-state index contributed by atoms with van der Waals surface area (Å²) in [6, 6.07) is -0.118. The van der Waals surface area contributed by atoms with Gasteiger partial charge in [0.25, 0.3) is 0 Å². The lowest BCUT2D eigenvalue weighted by Gasteiger charge is -2.39. The molecule has 1 aliphatic heterocycles. The van der Waals surface area contributed by atoms with Gasteiger partial charge in [0.15, 0.2) is 6.29 Å². The molecule has 1 aliphatic rings. The van der Waals surface area contributed by atoms with Crippen molar-refractivity contribution in [3.63, 3.8) is 0 Å². The lowest BCUT2D eigenvalue weighted by molar-refractivity contribution is -0.161. The van der Waals surface area contributed by atoms with Gasteiger partial charge in [-0.25, -0.2) is 0 Å². The second kappa shape index (κ2) is 5.29. The summed E-state index contributed by atoms with van der Waals surface area (Å²) in [6.45, 7) is 1.50. The van der Waals surface area contributed by atoms with E-state index in [4.69, 9.17) is 9.47 Å².